The SMILES string of the molecule is OCc1cc(Cl)cc(Oc2ccc(Cl)cc2)c1. The summed E-state index contributed by atoms with van der Waals surface area (Å²) in [4.78, 5) is 0. The highest BCUT2D eigenvalue weighted by atomic mass is 35.5. The van der Waals surface area contributed by atoms with Crippen molar-refractivity contribution in [3.63, 3.8) is 0 Å². The maximum atomic E-state index is 9.06. The van der Waals surface area contributed by atoms with Crippen LogP contribution in [0.15, 0.2) is 42.5 Å². The molecule has 17 heavy (non-hydrogen) atoms. The molecule has 0 saturated carbocycles. The Morgan fingerprint density at radius 3 is 2.24 bits per heavy atom. The summed E-state index contributed by atoms with van der Waals surface area (Å²) >= 11 is 11.7. The molecule has 0 radical (unpaired) electrons. The Morgan fingerprint density at radius 2 is 1.59 bits per heavy atom. The minimum atomic E-state index is -0.0719. The number of aliphatic hydroxyl groups is 1. The van der Waals surface area contributed by atoms with E-state index in [2.05, 4.69) is 0 Å². The Kier molecular flexibility index (Phi) is 3.89. The zero-order chi connectivity index (χ0) is 12.3. The van der Waals surface area contributed by atoms with Crippen LogP contribution in [0.4, 0.5) is 0 Å². The van der Waals surface area contributed by atoms with Gasteiger partial charge in [-0.3, -0.25) is 0 Å². The van der Waals surface area contributed by atoms with Crippen molar-refractivity contribution >= 4 is 23.2 Å². The molecule has 0 bridgehead atoms. The number of rotatable bonds is 3. The van der Waals surface area contributed by atoms with Crippen LogP contribution in [0.5, 0.6) is 11.5 Å². The molecule has 1 N–H and O–H groups in total. The normalized spacial score (nSPS) is 10.3. The van der Waals surface area contributed by atoms with Gasteiger partial charge in [-0.25, -0.2) is 0 Å². The molecule has 0 aliphatic carbocycles. The molecule has 0 atom stereocenters. The van der Waals surface area contributed by atoms with Crippen LogP contribution < -0.4 is 4.74 Å². The minimum absolute atomic E-state index is 0.0719. The summed E-state index contributed by atoms with van der Waals surface area (Å²) in [6.07, 6.45) is 0. The van der Waals surface area contributed by atoms with Crippen LogP contribution in [0.3, 0.4) is 0 Å². The van der Waals surface area contributed by atoms with Gasteiger partial charge in [-0.1, -0.05) is 23.2 Å². The molecule has 0 amide bonds. The fourth-order valence-electron chi connectivity index (χ4n) is 1.41. The molecule has 0 heterocycles. The average Bonchev–Trinajstić information content (AvgIpc) is 2.31. The summed E-state index contributed by atoms with van der Waals surface area (Å²) in [7, 11) is 0. The molecule has 0 fully saturated rings. The summed E-state index contributed by atoms with van der Waals surface area (Å²) in [6.45, 7) is -0.0719. The van der Waals surface area contributed by atoms with Gasteiger partial charge in [0.05, 0.1) is 6.61 Å². The molecule has 2 rings (SSSR count). The smallest absolute Gasteiger partial charge is 0.129 e. The molecule has 4 heteroatoms. The van der Waals surface area contributed by atoms with Crippen molar-refractivity contribution in [2.45, 2.75) is 6.61 Å². The lowest BCUT2D eigenvalue weighted by atomic mass is 10.2. The molecule has 2 nitrogen and oxygen atoms in total. The van der Waals surface area contributed by atoms with Gasteiger partial charge in [-0.15, -0.1) is 0 Å². The molecule has 0 aliphatic heterocycles. The topological polar surface area (TPSA) is 29.5 Å². The van der Waals surface area contributed by atoms with Crippen LogP contribution in [0.1, 0.15) is 5.56 Å². The Labute approximate surface area is 109 Å². The molecule has 2 aromatic carbocycles. The van der Waals surface area contributed by atoms with E-state index in [9.17, 15) is 0 Å². The van der Waals surface area contributed by atoms with Gasteiger partial charge in [-0.05, 0) is 48.0 Å². The first kappa shape index (κ1) is 12.2. The van der Waals surface area contributed by atoms with Gasteiger partial charge in [0, 0.05) is 10.0 Å². The van der Waals surface area contributed by atoms with Crippen molar-refractivity contribution in [1.29, 1.82) is 0 Å². The van der Waals surface area contributed by atoms with E-state index >= 15 is 0 Å². The van der Waals surface area contributed by atoms with Crippen LogP contribution in [-0.4, -0.2) is 5.11 Å². The van der Waals surface area contributed by atoms with Crippen molar-refractivity contribution < 1.29 is 9.84 Å². The lowest BCUT2D eigenvalue weighted by Crippen LogP contribution is -1.88. The Balaban J connectivity index is 2.23. The second kappa shape index (κ2) is 5.41. The second-order valence-corrected chi connectivity index (χ2v) is 4.38. The van der Waals surface area contributed by atoms with Crippen molar-refractivity contribution in [3.8, 4) is 11.5 Å². The van der Waals surface area contributed by atoms with Gasteiger partial charge < -0.3 is 9.84 Å². The highest BCUT2D eigenvalue weighted by Crippen LogP contribution is 2.27. The number of hydrogen-bond acceptors (Lipinski definition) is 2. The van der Waals surface area contributed by atoms with Crippen molar-refractivity contribution in [3.05, 3.63) is 58.1 Å². The van der Waals surface area contributed by atoms with Crippen molar-refractivity contribution in [2.24, 2.45) is 0 Å². The van der Waals surface area contributed by atoms with Gasteiger partial charge in [0.15, 0.2) is 0 Å². The highest BCUT2D eigenvalue weighted by molar-refractivity contribution is 6.31. The zero-order valence-corrected chi connectivity index (χ0v) is 10.4. The second-order valence-electron chi connectivity index (χ2n) is 3.51. The first-order valence-corrected chi connectivity index (χ1v) is 5.77. The molecule has 0 aromatic heterocycles. The first-order chi connectivity index (χ1) is 8.17. The molecule has 2 aromatic rings. The van der Waals surface area contributed by atoms with Crippen molar-refractivity contribution in [2.75, 3.05) is 0 Å². The standard InChI is InChI=1S/C13H10Cl2O2/c14-10-1-3-12(4-2-10)17-13-6-9(8-16)5-11(15)7-13/h1-7,16H,8H2. The van der Waals surface area contributed by atoms with Crippen LogP contribution in [-0.2, 0) is 6.61 Å². The van der Waals surface area contributed by atoms with E-state index in [1.54, 1.807) is 42.5 Å². The molecule has 0 spiro atoms. The molecular weight excluding hydrogens is 259 g/mol. The molecule has 0 aliphatic rings. The molecule has 0 unspecified atom stereocenters. The Morgan fingerprint density at radius 1 is 0.882 bits per heavy atom. The quantitative estimate of drug-likeness (QED) is 0.901. The Bertz CT molecular complexity index is 509. The van der Waals surface area contributed by atoms with Crippen molar-refractivity contribution in [1.82, 2.24) is 0 Å². The van der Waals surface area contributed by atoms with Gasteiger partial charge in [0.25, 0.3) is 0 Å². The van der Waals surface area contributed by atoms with Crippen LogP contribution in [0, 0.1) is 0 Å². The fourth-order valence-corrected chi connectivity index (χ4v) is 1.78. The monoisotopic (exact) mass is 268 g/mol. The Hall–Kier alpha value is -1.22. The molecular formula is C13H10Cl2O2. The summed E-state index contributed by atoms with van der Waals surface area (Å²) < 4.78 is 5.60. The maximum Gasteiger partial charge on any atom is 0.129 e. The largest absolute Gasteiger partial charge is 0.457 e. The van der Waals surface area contributed by atoms with E-state index in [-0.39, 0.29) is 6.61 Å². The van der Waals surface area contributed by atoms with Crippen LogP contribution in [0.2, 0.25) is 10.0 Å². The third-order valence-corrected chi connectivity index (χ3v) is 2.63. The number of aliphatic hydroxyl groups excluding tert-OH is 1. The van der Waals surface area contributed by atoms with E-state index in [0.717, 1.165) is 0 Å². The molecule has 0 saturated heterocycles. The molecule has 88 valence electrons. The van der Waals surface area contributed by atoms with E-state index in [1.165, 1.54) is 0 Å². The third-order valence-electron chi connectivity index (χ3n) is 2.16. The van der Waals surface area contributed by atoms with Crippen LogP contribution in [0.25, 0.3) is 0 Å². The van der Waals surface area contributed by atoms with E-state index < -0.39 is 0 Å². The van der Waals surface area contributed by atoms with Gasteiger partial charge in [0.2, 0.25) is 0 Å². The first-order valence-electron chi connectivity index (χ1n) is 5.01. The predicted octanol–water partition coefficient (Wildman–Crippen LogP) is 4.28. The highest BCUT2D eigenvalue weighted by Gasteiger charge is 2.02. The van der Waals surface area contributed by atoms with Gasteiger partial charge in [0.1, 0.15) is 11.5 Å². The summed E-state index contributed by atoms with van der Waals surface area (Å²) in [6, 6.07) is 12.1. The average molecular weight is 269 g/mol. The third kappa shape index (κ3) is 3.37. The van der Waals surface area contributed by atoms with Crippen LogP contribution >= 0.6 is 23.2 Å². The van der Waals surface area contributed by atoms with Gasteiger partial charge in [-0.2, -0.15) is 0 Å². The lowest BCUT2D eigenvalue weighted by molar-refractivity contribution is 0.281. The number of ether oxygens (including phenoxy) is 1. The number of benzene rings is 2. The zero-order valence-electron chi connectivity index (χ0n) is 8.86. The summed E-state index contributed by atoms with van der Waals surface area (Å²) in [5.41, 5.74) is 0.710. The minimum Gasteiger partial charge on any atom is -0.457 e. The number of hydrogen-bond donors (Lipinski definition) is 1. The summed E-state index contributed by atoms with van der Waals surface area (Å²) in [5, 5.41) is 10.2. The van der Waals surface area contributed by atoms with Gasteiger partial charge >= 0.3 is 0 Å². The van der Waals surface area contributed by atoms with E-state index in [0.29, 0.717) is 27.1 Å². The summed E-state index contributed by atoms with van der Waals surface area (Å²) in [5.74, 6) is 1.25. The maximum absolute atomic E-state index is 9.06. The fraction of sp³-hybridized carbons (Fsp3) is 0.0769. The van der Waals surface area contributed by atoms with E-state index in [4.69, 9.17) is 33.0 Å². The lowest BCUT2D eigenvalue weighted by Gasteiger charge is -2.07. The predicted molar refractivity (Wildman–Crippen MR) is 68.9 cm³/mol. The van der Waals surface area contributed by atoms with E-state index in [1.807, 2.05) is 0 Å². The number of halogens is 2.